The Morgan fingerprint density at radius 2 is 2.46 bits per heavy atom. The molecule has 3 unspecified atom stereocenters. The first kappa shape index (κ1) is 8.94. The molecule has 1 aliphatic carbocycles. The lowest BCUT2D eigenvalue weighted by Crippen LogP contribution is -2.05. The van der Waals surface area contributed by atoms with Crippen molar-refractivity contribution in [1.29, 1.82) is 0 Å². The maximum Gasteiger partial charge on any atom is 0.169 e. The minimum atomic E-state index is -0.104. The van der Waals surface area contributed by atoms with Gasteiger partial charge in [0, 0.05) is 0 Å². The van der Waals surface area contributed by atoms with E-state index in [0.29, 0.717) is 6.04 Å². The summed E-state index contributed by atoms with van der Waals surface area (Å²) in [7, 11) is 0. The minimum Gasteiger partial charge on any atom is -0.225 e. The highest BCUT2D eigenvalue weighted by molar-refractivity contribution is 6.20. The molecule has 0 N–H and O–H groups in total. The number of halogens is 1. The summed E-state index contributed by atoms with van der Waals surface area (Å²) in [6, 6.07) is 0.496. The van der Waals surface area contributed by atoms with E-state index in [1.165, 1.54) is 12.8 Å². The van der Waals surface area contributed by atoms with Crippen molar-refractivity contribution in [3.63, 3.8) is 0 Å². The molecule has 0 saturated heterocycles. The molecule has 4 nitrogen and oxygen atoms in total. The van der Waals surface area contributed by atoms with Crippen LogP contribution in [0.5, 0.6) is 0 Å². The van der Waals surface area contributed by atoms with Crippen LogP contribution in [-0.2, 0) is 0 Å². The smallest absolute Gasteiger partial charge is 0.169 e. The summed E-state index contributed by atoms with van der Waals surface area (Å²) < 4.78 is 1.88. The molecule has 0 spiro atoms. The lowest BCUT2D eigenvalue weighted by molar-refractivity contribution is 0.537. The summed E-state index contributed by atoms with van der Waals surface area (Å²) in [4.78, 5) is 0. The van der Waals surface area contributed by atoms with Gasteiger partial charge >= 0.3 is 0 Å². The van der Waals surface area contributed by atoms with E-state index in [2.05, 4.69) is 22.4 Å². The molecule has 0 aromatic carbocycles. The van der Waals surface area contributed by atoms with E-state index in [1.807, 2.05) is 11.6 Å². The predicted octanol–water partition coefficient (Wildman–Crippen LogP) is 1.94. The van der Waals surface area contributed by atoms with Gasteiger partial charge in [0.2, 0.25) is 0 Å². The molecule has 1 aromatic rings. The maximum absolute atomic E-state index is 5.95. The zero-order valence-corrected chi connectivity index (χ0v) is 8.57. The fourth-order valence-electron chi connectivity index (χ4n) is 1.67. The third-order valence-corrected chi connectivity index (χ3v) is 2.79. The first-order valence-electron chi connectivity index (χ1n) is 4.65. The average molecular weight is 201 g/mol. The second kappa shape index (κ2) is 3.25. The maximum atomic E-state index is 5.95. The highest BCUT2D eigenvalue weighted by atomic mass is 35.5. The normalized spacial score (nSPS) is 28.8. The predicted molar refractivity (Wildman–Crippen MR) is 49.5 cm³/mol. The standard InChI is InChI=1S/C8H13ClN4/c1-3-6-4-7(6)13-8(5(2)9)10-11-12-13/h5-7H,3-4H2,1-2H3. The fraction of sp³-hybridized carbons (Fsp3) is 0.875. The van der Waals surface area contributed by atoms with Gasteiger partial charge in [-0.2, -0.15) is 0 Å². The molecule has 2 rings (SSSR count). The Bertz CT molecular complexity index is 296. The van der Waals surface area contributed by atoms with Crippen molar-refractivity contribution in [3.05, 3.63) is 5.82 Å². The molecule has 5 heteroatoms. The van der Waals surface area contributed by atoms with Crippen molar-refractivity contribution >= 4 is 11.6 Å². The summed E-state index contributed by atoms with van der Waals surface area (Å²) >= 11 is 5.95. The van der Waals surface area contributed by atoms with Gasteiger partial charge in [-0.1, -0.05) is 13.3 Å². The fourth-order valence-corrected chi connectivity index (χ4v) is 1.81. The third kappa shape index (κ3) is 1.55. The highest BCUT2D eigenvalue weighted by Crippen LogP contribution is 2.45. The molecular weight excluding hydrogens is 188 g/mol. The van der Waals surface area contributed by atoms with Crippen molar-refractivity contribution in [1.82, 2.24) is 20.2 Å². The molecule has 0 radical (unpaired) electrons. The molecular formula is C8H13ClN4. The Morgan fingerprint density at radius 1 is 1.69 bits per heavy atom. The molecule has 0 amide bonds. The van der Waals surface area contributed by atoms with Crippen LogP contribution in [-0.4, -0.2) is 20.2 Å². The summed E-state index contributed by atoms with van der Waals surface area (Å²) in [6.45, 7) is 4.09. The summed E-state index contributed by atoms with van der Waals surface area (Å²) in [5.41, 5.74) is 0. The van der Waals surface area contributed by atoms with E-state index in [-0.39, 0.29) is 5.38 Å². The molecule has 3 atom stereocenters. The Morgan fingerprint density at radius 3 is 3.00 bits per heavy atom. The molecule has 72 valence electrons. The van der Waals surface area contributed by atoms with Gasteiger partial charge in [-0.05, 0) is 29.7 Å². The van der Waals surface area contributed by atoms with Gasteiger partial charge in [0.25, 0.3) is 0 Å². The second-order valence-corrected chi connectivity index (χ2v) is 4.22. The number of hydrogen-bond donors (Lipinski definition) is 0. The number of rotatable bonds is 3. The Balaban J connectivity index is 2.17. The van der Waals surface area contributed by atoms with E-state index >= 15 is 0 Å². The molecule has 0 bridgehead atoms. The van der Waals surface area contributed by atoms with Crippen molar-refractivity contribution in [3.8, 4) is 0 Å². The Hall–Kier alpha value is -0.640. The minimum absolute atomic E-state index is 0.104. The third-order valence-electron chi connectivity index (χ3n) is 2.60. The van der Waals surface area contributed by atoms with Gasteiger partial charge < -0.3 is 0 Å². The number of alkyl halides is 1. The van der Waals surface area contributed by atoms with Gasteiger partial charge in [-0.15, -0.1) is 16.7 Å². The number of hydrogen-bond acceptors (Lipinski definition) is 3. The monoisotopic (exact) mass is 200 g/mol. The van der Waals surface area contributed by atoms with Crippen LogP contribution in [0.3, 0.4) is 0 Å². The van der Waals surface area contributed by atoms with Gasteiger partial charge in [-0.25, -0.2) is 4.68 Å². The first-order chi connectivity index (χ1) is 6.24. The number of tetrazole rings is 1. The summed E-state index contributed by atoms with van der Waals surface area (Å²) in [5.74, 6) is 1.54. The number of nitrogens with zero attached hydrogens (tertiary/aromatic N) is 4. The van der Waals surface area contributed by atoms with Crippen LogP contribution in [0.4, 0.5) is 0 Å². The van der Waals surface area contributed by atoms with Gasteiger partial charge in [-0.3, -0.25) is 0 Å². The van der Waals surface area contributed by atoms with E-state index < -0.39 is 0 Å². The van der Waals surface area contributed by atoms with Crippen molar-refractivity contribution in [2.45, 2.75) is 38.1 Å². The van der Waals surface area contributed by atoms with Crippen LogP contribution in [0, 0.1) is 5.92 Å². The van der Waals surface area contributed by atoms with E-state index in [4.69, 9.17) is 11.6 Å². The zero-order valence-electron chi connectivity index (χ0n) is 7.81. The highest BCUT2D eigenvalue weighted by Gasteiger charge is 2.39. The van der Waals surface area contributed by atoms with Gasteiger partial charge in [0.15, 0.2) is 5.82 Å². The van der Waals surface area contributed by atoms with Crippen LogP contribution < -0.4 is 0 Å². The average Bonchev–Trinajstić information content (AvgIpc) is 2.72. The quantitative estimate of drug-likeness (QED) is 0.701. The van der Waals surface area contributed by atoms with Crippen LogP contribution >= 0.6 is 11.6 Å². The van der Waals surface area contributed by atoms with Crippen LogP contribution in [0.1, 0.15) is 43.9 Å². The molecule has 13 heavy (non-hydrogen) atoms. The van der Waals surface area contributed by atoms with E-state index in [0.717, 1.165) is 11.7 Å². The Labute approximate surface area is 82.3 Å². The lowest BCUT2D eigenvalue weighted by atomic mass is 10.3. The zero-order chi connectivity index (χ0) is 9.42. The van der Waals surface area contributed by atoms with Crippen molar-refractivity contribution in [2.75, 3.05) is 0 Å². The molecule has 1 aromatic heterocycles. The first-order valence-corrected chi connectivity index (χ1v) is 5.09. The molecule has 1 saturated carbocycles. The van der Waals surface area contributed by atoms with Crippen LogP contribution in [0.15, 0.2) is 0 Å². The van der Waals surface area contributed by atoms with E-state index in [1.54, 1.807) is 0 Å². The van der Waals surface area contributed by atoms with Crippen molar-refractivity contribution in [2.24, 2.45) is 5.92 Å². The van der Waals surface area contributed by atoms with Gasteiger partial charge in [0.05, 0.1) is 11.4 Å². The SMILES string of the molecule is CCC1CC1n1nnnc1C(C)Cl. The molecule has 1 heterocycles. The largest absolute Gasteiger partial charge is 0.225 e. The topological polar surface area (TPSA) is 43.6 Å². The molecule has 1 aliphatic rings. The number of aromatic nitrogens is 4. The summed E-state index contributed by atoms with van der Waals surface area (Å²) in [6.07, 6.45) is 2.39. The summed E-state index contributed by atoms with van der Waals surface area (Å²) in [5, 5.41) is 11.4. The van der Waals surface area contributed by atoms with Gasteiger partial charge in [0.1, 0.15) is 0 Å². The second-order valence-electron chi connectivity index (χ2n) is 3.57. The van der Waals surface area contributed by atoms with E-state index in [9.17, 15) is 0 Å². The van der Waals surface area contributed by atoms with Crippen molar-refractivity contribution < 1.29 is 0 Å². The molecule has 0 aliphatic heterocycles. The van der Waals surface area contributed by atoms with Crippen LogP contribution in [0.25, 0.3) is 0 Å². The van der Waals surface area contributed by atoms with Crippen LogP contribution in [0.2, 0.25) is 0 Å². The molecule has 1 fully saturated rings. The Kier molecular flexibility index (Phi) is 2.24. The lowest BCUT2D eigenvalue weighted by Gasteiger charge is -2.03.